The lowest BCUT2D eigenvalue weighted by Crippen LogP contribution is -2.29. The third-order valence-corrected chi connectivity index (χ3v) is 7.40. The van der Waals surface area contributed by atoms with E-state index in [1.54, 1.807) is 0 Å². The van der Waals surface area contributed by atoms with Crippen molar-refractivity contribution in [2.45, 2.75) is 25.9 Å². The lowest BCUT2D eigenvalue weighted by molar-refractivity contribution is 0.174. The van der Waals surface area contributed by atoms with Gasteiger partial charge in [-0.1, -0.05) is 28.1 Å². The van der Waals surface area contributed by atoms with E-state index in [1.165, 1.54) is 5.56 Å². The molecule has 6 nitrogen and oxygen atoms in total. The molecule has 2 aliphatic rings. The maximum atomic E-state index is 5.90. The zero-order chi connectivity index (χ0) is 24.1. The standard InChI is InChI=1S/C27H23BrN4O2S/c1-16-12-21(17(2)31(16)19-7-5-6-18(28)13-19)26-25(22-8-3-4-11-29-22)30-27(35)32(26)20-9-10-23-24(14-20)34-15-33-23/h3-14,25-26H,15H2,1-2H3,(H,30,35)/t25-,26+/m1/s1. The Kier molecular flexibility index (Phi) is 5.50. The number of hydrogen-bond acceptors (Lipinski definition) is 4. The van der Waals surface area contributed by atoms with Crippen molar-refractivity contribution in [2.75, 3.05) is 11.7 Å². The van der Waals surface area contributed by atoms with Gasteiger partial charge in [0.2, 0.25) is 6.79 Å². The number of nitrogens with one attached hydrogen (secondary N) is 1. The number of benzene rings is 2. The Bertz CT molecular complexity index is 1440. The zero-order valence-corrected chi connectivity index (χ0v) is 21.6. The Labute approximate surface area is 217 Å². The first-order valence-electron chi connectivity index (χ1n) is 11.4. The normalized spacial score (nSPS) is 18.7. The Morgan fingerprint density at radius 1 is 0.971 bits per heavy atom. The Morgan fingerprint density at radius 3 is 2.63 bits per heavy atom. The van der Waals surface area contributed by atoms with Gasteiger partial charge in [-0.05, 0) is 80.2 Å². The molecular weight excluding hydrogens is 524 g/mol. The van der Waals surface area contributed by atoms with Crippen LogP contribution in [-0.2, 0) is 0 Å². The number of aromatic nitrogens is 2. The van der Waals surface area contributed by atoms with Gasteiger partial charge in [0, 0.05) is 39.5 Å². The van der Waals surface area contributed by atoms with Crippen molar-refractivity contribution in [1.82, 2.24) is 14.9 Å². The van der Waals surface area contributed by atoms with Crippen LogP contribution in [-0.4, -0.2) is 21.5 Å². The summed E-state index contributed by atoms with van der Waals surface area (Å²) in [6.07, 6.45) is 1.82. The molecule has 4 heterocycles. The smallest absolute Gasteiger partial charge is 0.231 e. The summed E-state index contributed by atoms with van der Waals surface area (Å²) in [5.41, 5.74) is 6.49. The number of nitrogens with zero attached hydrogens (tertiary/aromatic N) is 3. The lowest BCUT2D eigenvalue weighted by Gasteiger charge is -2.28. The Morgan fingerprint density at radius 2 is 1.83 bits per heavy atom. The summed E-state index contributed by atoms with van der Waals surface area (Å²) < 4.78 is 14.5. The van der Waals surface area contributed by atoms with Gasteiger partial charge in [0.05, 0.1) is 17.8 Å². The topological polar surface area (TPSA) is 51.6 Å². The molecule has 4 aromatic rings. The molecule has 0 radical (unpaired) electrons. The van der Waals surface area contributed by atoms with Gasteiger partial charge in [-0.15, -0.1) is 0 Å². The molecule has 176 valence electrons. The number of thiocarbonyl (C=S) groups is 1. The monoisotopic (exact) mass is 546 g/mol. The van der Waals surface area contributed by atoms with Crippen LogP contribution >= 0.6 is 28.1 Å². The van der Waals surface area contributed by atoms with Gasteiger partial charge >= 0.3 is 0 Å². The van der Waals surface area contributed by atoms with Crippen LogP contribution in [0.15, 0.2) is 77.4 Å². The van der Waals surface area contributed by atoms with Gasteiger partial charge in [0.15, 0.2) is 16.6 Å². The largest absolute Gasteiger partial charge is 0.454 e. The first-order chi connectivity index (χ1) is 17.0. The molecule has 2 aromatic heterocycles. The highest BCUT2D eigenvalue weighted by atomic mass is 79.9. The van der Waals surface area contributed by atoms with Gasteiger partial charge in [-0.3, -0.25) is 4.98 Å². The number of aryl methyl sites for hydroxylation is 1. The third kappa shape index (κ3) is 3.77. The molecule has 35 heavy (non-hydrogen) atoms. The van der Waals surface area contributed by atoms with Crippen LogP contribution in [0.1, 0.15) is 34.7 Å². The van der Waals surface area contributed by atoms with Crippen LogP contribution in [0.5, 0.6) is 11.5 Å². The number of rotatable bonds is 4. The number of hydrogen-bond donors (Lipinski definition) is 1. The van der Waals surface area contributed by atoms with E-state index in [1.807, 2.05) is 48.7 Å². The number of pyridine rings is 1. The molecule has 0 spiro atoms. The molecule has 0 amide bonds. The average molecular weight is 547 g/mol. The fourth-order valence-electron chi connectivity index (χ4n) is 5.08. The summed E-state index contributed by atoms with van der Waals surface area (Å²) in [6.45, 7) is 4.53. The molecule has 6 rings (SSSR count). The van der Waals surface area contributed by atoms with Crippen LogP contribution in [0.4, 0.5) is 5.69 Å². The van der Waals surface area contributed by atoms with Crippen LogP contribution in [0, 0.1) is 13.8 Å². The number of fused-ring (bicyclic) bond motifs is 1. The van der Waals surface area contributed by atoms with Gasteiger partial charge in [0.1, 0.15) is 0 Å². The Hall–Kier alpha value is -3.36. The maximum absolute atomic E-state index is 5.90. The van der Waals surface area contributed by atoms with Gasteiger partial charge in [0.25, 0.3) is 0 Å². The van der Waals surface area contributed by atoms with Crippen molar-refractivity contribution in [1.29, 1.82) is 0 Å². The predicted octanol–water partition coefficient (Wildman–Crippen LogP) is 6.16. The fourth-order valence-corrected chi connectivity index (χ4v) is 5.82. The van der Waals surface area contributed by atoms with E-state index in [0.717, 1.165) is 44.4 Å². The summed E-state index contributed by atoms with van der Waals surface area (Å²) in [7, 11) is 0. The van der Waals surface area contributed by atoms with E-state index in [9.17, 15) is 0 Å². The summed E-state index contributed by atoms with van der Waals surface area (Å²) >= 11 is 9.52. The van der Waals surface area contributed by atoms with Crippen LogP contribution in [0.2, 0.25) is 0 Å². The second-order valence-electron chi connectivity index (χ2n) is 8.68. The summed E-state index contributed by atoms with van der Waals surface area (Å²) in [5.74, 6) is 1.47. The van der Waals surface area contributed by atoms with Crippen molar-refractivity contribution in [3.63, 3.8) is 0 Å². The number of ether oxygens (including phenoxy) is 2. The number of anilines is 1. The first-order valence-corrected chi connectivity index (χ1v) is 12.6. The molecule has 8 heteroatoms. The molecule has 0 unspecified atom stereocenters. The highest BCUT2D eigenvalue weighted by Gasteiger charge is 2.42. The minimum absolute atomic E-state index is 0.107. The minimum Gasteiger partial charge on any atom is -0.454 e. The zero-order valence-electron chi connectivity index (χ0n) is 19.2. The van der Waals surface area contributed by atoms with Gasteiger partial charge in [-0.25, -0.2) is 0 Å². The molecule has 1 saturated heterocycles. The van der Waals surface area contributed by atoms with Gasteiger partial charge < -0.3 is 24.3 Å². The maximum Gasteiger partial charge on any atom is 0.231 e. The van der Waals surface area contributed by atoms with Gasteiger partial charge in [-0.2, -0.15) is 0 Å². The number of halogens is 1. The van der Waals surface area contributed by atoms with Crippen molar-refractivity contribution in [2.24, 2.45) is 0 Å². The Balaban J connectivity index is 1.51. The highest BCUT2D eigenvalue weighted by molar-refractivity contribution is 9.10. The van der Waals surface area contributed by atoms with E-state index in [0.29, 0.717) is 5.11 Å². The molecule has 0 bridgehead atoms. The molecule has 0 aliphatic carbocycles. The van der Waals surface area contributed by atoms with E-state index in [2.05, 4.69) is 73.8 Å². The lowest BCUT2D eigenvalue weighted by atomic mass is 9.96. The summed E-state index contributed by atoms with van der Waals surface area (Å²) in [4.78, 5) is 6.85. The van der Waals surface area contributed by atoms with Crippen molar-refractivity contribution in [3.05, 3.63) is 100 Å². The molecule has 0 saturated carbocycles. The van der Waals surface area contributed by atoms with E-state index in [-0.39, 0.29) is 18.9 Å². The summed E-state index contributed by atoms with van der Waals surface area (Å²) in [5, 5.41) is 4.20. The minimum atomic E-state index is -0.120. The van der Waals surface area contributed by atoms with Crippen LogP contribution in [0.3, 0.4) is 0 Å². The van der Waals surface area contributed by atoms with Crippen LogP contribution < -0.4 is 19.7 Å². The molecule has 2 aromatic carbocycles. The second kappa shape index (κ2) is 8.70. The van der Waals surface area contributed by atoms with E-state index < -0.39 is 0 Å². The fraction of sp³-hybridized carbons (Fsp3) is 0.185. The third-order valence-electron chi connectivity index (χ3n) is 6.59. The molecule has 2 atom stereocenters. The van der Waals surface area contributed by atoms with Crippen molar-refractivity contribution in [3.8, 4) is 17.2 Å². The second-order valence-corrected chi connectivity index (χ2v) is 9.98. The summed E-state index contributed by atoms with van der Waals surface area (Å²) in [6, 6.07) is 22.3. The first kappa shape index (κ1) is 22.1. The molecule has 2 aliphatic heterocycles. The van der Waals surface area contributed by atoms with Crippen LogP contribution in [0.25, 0.3) is 5.69 Å². The predicted molar refractivity (Wildman–Crippen MR) is 143 cm³/mol. The molecular formula is C27H23BrN4O2S. The highest BCUT2D eigenvalue weighted by Crippen LogP contribution is 2.46. The SMILES string of the molecule is Cc1cc([C@H]2[C@@H](c3ccccn3)NC(=S)N2c2ccc3c(c2)OCO3)c(C)n1-c1cccc(Br)c1. The van der Waals surface area contributed by atoms with E-state index >= 15 is 0 Å². The van der Waals surface area contributed by atoms with E-state index in [4.69, 9.17) is 21.7 Å². The van der Waals surface area contributed by atoms with Crippen molar-refractivity contribution >= 4 is 38.9 Å². The quantitative estimate of drug-likeness (QED) is 0.309. The average Bonchev–Trinajstić information content (AvgIpc) is 3.54. The molecule has 1 fully saturated rings. The molecule has 1 N–H and O–H groups in total. The van der Waals surface area contributed by atoms with Crippen molar-refractivity contribution < 1.29 is 9.47 Å².